The van der Waals surface area contributed by atoms with Crippen molar-refractivity contribution in [2.24, 2.45) is 5.14 Å². The van der Waals surface area contributed by atoms with Gasteiger partial charge in [-0.2, -0.15) is 0 Å². The molecule has 1 aromatic carbocycles. The molecule has 10 heteroatoms. The average Bonchev–Trinajstić information content (AvgIpc) is 3.11. The Morgan fingerprint density at radius 2 is 2.12 bits per heavy atom. The zero-order chi connectivity index (χ0) is 18.7. The predicted octanol–water partition coefficient (Wildman–Crippen LogP) is 1.19. The number of thiophene rings is 1. The van der Waals surface area contributed by atoms with E-state index in [-0.39, 0.29) is 15.8 Å². The number of sulfonamides is 1. The number of hydrogen-bond acceptors (Lipinski definition) is 7. The highest BCUT2D eigenvalue weighted by atomic mass is 32.2. The number of amides is 1. The molecule has 0 spiro atoms. The van der Waals surface area contributed by atoms with Crippen molar-refractivity contribution in [3.05, 3.63) is 46.8 Å². The molecule has 0 bridgehead atoms. The summed E-state index contributed by atoms with van der Waals surface area (Å²) in [5.74, 6) is -0.532. The summed E-state index contributed by atoms with van der Waals surface area (Å²) < 4.78 is 32.8. The number of nitrogens with one attached hydrogen (secondary N) is 1. The molecule has 138 valence electrons. The van der Waals surface area contributed by atoms with E-state index >= 15 is 0 Å². The molecule has 1 aliphatic rings. The molecule has 1 amide bonds. The Bertz CT molecular complexity index is 938. The maximum atomic E-state index is 12.1. The van der Waals surface area contributed by atoms with Crippen LogP contribution in [0.15, 0.2) is 39.9 Å². The topological polar surface area (TPSA) is 125 Å². The molecule has 2 heterocycles. The summed E-state index contributed by atoms with van der Waals surface area (Å²) in [6.07, 6.45) is 0.610. The summed E-state index contributed by atoms with van der Waals surface area (Å²) in [5.41, 5.74) is 0.900. The van der Waals surface area contributed by atoms with E-state index in [0.717, 1.165) is 28.7 Å². The summed E-state index contributed by atoms with van der Waals surface area (Å²) in [7, 11) is -3.87. The molecule has 3 rings (SSSR count). The quantitative estimate of drug-likeness (QED) is 0.732. The van der Waals surface area contributed by atoms with E-state index in [9.17, 15) is 18.0 Å². The lowest BCUT2D eigenvalue weighted by molar-refractivity contribution is -0.125. The monoisotopic (exact) mass is 396 g/mol. The zero-order valence-electron chi connectivity index (χ0n) is 13.5. The van der Waals surface area contributed by atoms with Gasteiger partial charge in [-0.3, -0.25) is 4.79 Å². The van der Waals surface area contributed by atoms with Crippen LogP contribution in [-0.4, -0.2) is 33.5 Å². The summed E-state index contributed by atoms with van der Waals surface area (Å²) in [6.45, 7) is 0.00586. The molecular formula is C16H16N2O6S2. The van der Waals surface area contributed by atoms with E-state index in [1.165, 1.54) is 5.38 Å². The Hall–Kier alpha value is -2.43. The lowest BCUT2D eigenvalue weighted by Crippen LogP contribution is -2.35. The molecular weight excluding hydrogens is 380 g/mol. The number of hydrogen-bond donors (Lipinski definition) is 2. The van der Waals surface area contributed by atoms with Gasteiger partial charge in [0.2, 0.25) is 10.0 Å². The second kappa shape index (κ2) is 7.44. The molecule has 2 aromatic rings. The van der Waals surface area contributed by atoms with Gasteiger partial charge in [0.05, 0.1) is 18.2 Å². The van der Waals surface area contributed by atoms with Crippen molar-refractivity contribution in [1.82, 2.24) is 5.32 Å². The number of nitrogens with two attached hydrogens (primary N) is 1. The van der Waals surface area contributed by atoms with Crippen molar-refractivity contribution in [2.75, 3.05) is 13.2 Å². The van der Waals surface area contributed by atoms with Crippen molar-refractivity contribution in [3.8, 4) is 5.75 Å². The minimum atomic E-state index is -3.87. The van der Waals surface area contributed by atoms with Crippen LogP contribution in [0.25, 0.3) is 0 Å². The van der Waals surface area contributed by atoms with Gasteiger partial charge in [-0.1, -0.05) is 18.2 Å². The second-order valence-corrected chi connectivity index (χ2v) is 8.27. The lowest BCUT2D eigenvalue weighted by Gasteiger charge is -2.26. The Labute approximate surface area is 154 Å². The van der Waals surface area contributed by atoms with Crippen molar-refractivity contribution >= 4 is 33.2 Å². The third-order valence-corrected chi connectivity index (χ3v) is 6.11. The molecule has 0 fully saturated rings. The molecule has 0 saturated heterocycles. The number of para-hydroxylation sites is 1. The highest BCUT2D eigenvalue weighted by Crippen LogP contribution is 2.31. The smallest absolute Gasteiger partial charge is 0.339 e. The molecule has 1 aliphatic heterocycles. The van der Waals surface area contributed by atoms with E-state index in [2.05, 4.69) is 5.32 Å². The van der Waals surface area contributed by atoms with Gasteiger partial charge in [0, 0.05) is 17.4 Å². The molecule has 0 saturated carbocycles. The highest BCUT2D eigenvalue weighted by molar-refractivity contribution is 7.91. The fourth-order valence-corrected chi connectivity index (χ4v) is 4.09. The van der Waals surface area contributed by atoms with Crippen LogP contribution in [0.4, 0.5) is 0 Å². The summed E-state index contributed by atoms with van der Waals surface area (Å²) in [6, 6.07) is 8.29. The largest absolute Gasteiger partial charge is 0.493 e. The molecule has 0 radical (unpaired) electrons. The number of fused-ring (bicyclic) bond motifs is 1. The van der Waals surface area contributed by atoms with Crippen molar-refractivity contribution in [1.29, 1.82) is 0 Å². The Morgan fingerprint density at radius 3 is 2.85 bits per heavy atom. The number of esters is 1. The third-order valence-electron chi connectivity index (χ3n) is 3.72. The van der Waals surface area contributed by atoms with E-state index in [1.807, 2.05) is 24.3 Å². The van der Waals surface area contributed by atoms with Gasteiger partial charge in [0.1, 0.15) is 9.96 Å². The van der Waals surface area contributed by atoms with Gasteiger partial charge >= 0.3 is 5.97 Å². The first kappa shape index (κ1) is 18.4. The van der Waals surface area contributed by atoms with Gasteiger partial charge in [-0.15, -0.1) is 11.3 Å². The van der Waals surface area contributed by atoms with E-state index in [1.54, 1.807) is 0 Å². The highest BCUT2D eigenvalue weighted by Gasteiger charge is 2.23. The maximum absolute atomic E-state index is 12.1. The fraction of sp³-hybridized carbons (Fsp3) is 0.250. The van der Waals surface area contributed by atoms with Crippen LogP contribution in [0, 0.1) is 0 Å². The van der Waals surface area contributed by atoms with Gasteiger partial charge < -0.3 is 14.8 Å². The van der Waals surface area contributed by atoms with Crippen LogP contribution < -0.4 is 15.2 Å². The van der Waals surface area contributed by atoms with E-state index in [4.69, 9.17) is 14.6 Å². The normalized spacial score (nSPS) is 16.3. The molecule has 26 heavy (non-hydrogen) atoms. The van der Waals surface area contributed by atoms with Crippen LogP contribution in [0.3, 0.4) is 0 Å². The van der Waals surface area contributed by atoms with Crippen LogP contribution in [0.1, 0.15) is 28.4 Å². The Morgan fingerprint density at radius 1 is 1.35 bits per heavy atom. The molecule has 1 atom stereocenters. The van der Waals surface area contributed by atoms with Crippen molar-refractivity contribution in [2.45, 2.75) is 16.7 Å². The Kier molecular flexibility index (Phi) is 5.25. The van der Waals surface area contributed by atoms with Crippen molar-refractivity contribution in [3.63, 3.8) is 0 Å². The Balaban J connectivity index is 1.56. The first-order chi connectivity index (χ1) is 12.3. The standard InChI is InChI=1S/C16H16N2O6S2/c17-26(21,22)15-7-10(9-25-15)16(20)24-8-14(19)18-12-5-6-23-13-4-2-1-3-11(12)13/h1-4,7,9,12H,5-6,8H2,(H,18,19)(H2,17,21,22)/t12-/m1/s1. The van der Waals surface area contributed by atoms with Crippen LogP contribution in [-0.2, 0) is 19.6 Å². The SMILES string of the molecule is NS(=O)(=O)c1cc(C(=O)OCC(=O)N[C@@H]2CCOc3ccccc32)cs1. The number of primary sulfonamides is 1. The fourth-order valence-electron chi connectivity index (χ4n) is 2.52. The predicted molar refractivity (Wildman–Crippen MR) is 93.4 cm³/mol. The molecule has 0 aliphatic carbocycles. The summed E-state index contributed by atoms with van der Waals surface area (Å²) >= 11 is 0.812. The van der Waals surface area contributed by atoms with Crippen molar-refractivity contribution < 1.29 is 27.5 Å². The second-order valence-electron chi connectivity index (χ2n) is 5.57. The van der Waals surface area contributed by atoms with Crippen LogP contribution in [0.5, 0.6) is 5.75 Å². The lowest BCUT2D eigenvalue weighted by atomic mass is 10.0. The average molecular weight is 396 g/mol. The minimum absolute atomic E-state index is 0.0308. The summed E-state index contributed by atoms with van der Waals surface area (Å²) in [5, 5.41) is 9.11. The number of carbonyl (C=O) groups is 2. The first-order valence-electron chi connectivity index (χ1n) is 7.64. The van der Waals surface area contributed by atoms with Gasteiger partial charge in [-0.05, 0) is 12.1 Å². The molecule has 1 aromatic heterocycles. The van der Waals surface area contributed by atoms with Crippen LogP contribution >= 0.6 is 11.3 Å². The number of benzene rings is 1. The third kappa shape index (κ3) is 4.21. The van der Waals surface area contributed by atoms with E-state index in [0.29, 0.717) is 13.0 Å². The first-order valence-corrected chi connectivity index (χ1v) is 10.1. The van der Waals surface area contributed by atoms with E-state index < -0.39 is 28.5 Å². The molecule has 8 nitrogen and oxygen atoms in total. The molecule has 0 unspecified atom stereocenters. The molecule has 3 N–H and O–H groups in total. The zero-order valence-corrected chi connectivity index (χ0v) is 15.1. The van der Waals surface area contributed by atoms with Gasteiger partial charge in [0.15, 0.2) is 6.61 Å². The van der Waals surface area contributed by atoms with Gasteiger partial charge in [-0.25, -0.2) is 18.4 Å². The number of ether oxygens (including phenoxy) is 2. The number of rotatable bonds is 5. The minimum Gasteiger partial charge on any atom is -0.493 e. The number of carbonyl (C=O) groups excluding carboxylic acids is 2. The van der Waals surface area contributed by atoms with Gasteiger partial charge in [0.25, 0.3) is 5.91 Å². The summed E-state index contributed by atoms with van der Waals surface area (Å²) in [4.78, 5) is 24.0. The van der Waals surface area contributed by atoms with Crippen LogP contribution in [0.2, 0.25) is 0 Å². The maximum Gasteiger partial charge on any atom is 0.339 e.